The molecular weight excluding hydrogens is 282 g/mol. The molecule has 3 nitrogen and oxygen atoms in total. The molecule has 0 amide bonds. The minimum atomic E-state index is 0.530. The third-order valence-corrected chi connectivity index (χ3v) is 4.86. The number of benzene rings is 1. The number of rotatable bonds is 7. The fraction of sp³-hybridized carbons (Fsp3) is 0.647. The summed E-state index contributed by atoms with van der Waals surface area (Å²) in [7, 11) is 0. The van der Waals surface area contributed by atoms with Crippen LogP contribution in [0.5, 0.6) is 11.5 Å². The van der Waals surface area contributed by atoms with Crippen molar-refractivity contribution in [2.75, 3.05) is 19.5 Å². The Bertz CT molecular complexity index is 464. The fourth-order valence-electron chi connectivity index (χ4n) is 2.58. The van der Waals surface area contributed by atoms with E-state index in [1.165, 1.54) is 23.3 Å². The van der Waals surface area contributed by atoms with Crippen LogP contribution in [0.3, 0.4) is 0 Å². The van der Waals surface area contributed by atoms with E-state index in [4.69, 9.17) is 9.47 Å². The molecule has 1 aliphatic heterocycles. The van der Waals surface area contributed by atoms with E-state index in [9.17, 15) is 0 Å². The van der Waals surface area contributed by atoms with Gasteiger partial charge in [0, 0.05) is 17.5 Å². The Morgan fingerprint density at radius 3 is 2.48 bits per heavy atom. The Morgan fingerprint density at radius 1 is 1.19 bits per heavy atom. The molecule has 0 bridgehead atoms. The summed E-state index contributed by atoms with van der Waals surface area (Å²) >= 11 is 1.76. The highest BCUT2D eigenvalue weighted by molar-refractivity contribution is 7.98. The van der Waals surface area contributed by atoms with Gasteiger partial charge >= 0.3 is 0 Å². The van der Waals surface area contributed by atoms with Gasteiger partial charge in [0.25, 0.3) is 0 Å². The molecule has 2 atom stereocenters. The summed E-state index contributed by atoms with van der Waals surface area (Å²) in [5.41, 5.74) is 1.29. The lowest BCUT2D eigenvalue weighted by atomic mass is 10.0. The molecule has 2 unspecified atom stereocenters. The van der Waals surface area contributed by atoms with Crippen molar-refractivity contribution in [3.8, 4) is 11.5 Å². The van der Waals surface area contributed by atoms with Crippen LogP contribution < -0.4 is 14.8 Å². The van der Waals surface area contributed by atoms with E-state index < -0.39 is 0 Å². The molecule has 0 spiro atoms. The molecule has 1 aromatic rings. The van der Waals surface area contributed by atoms with Crippen molar-refractivity contribution >= 4 is 11.8 Å². The summed E-state index contributed by atoms with van der Waals surface area (Å²) < 4.78 is 11.3. The van der Waals surface area contributed by atoms with Gasteiger partial charge in [0.2, 0.25) is 0 Å². The first-order chi connectivity index (χ1) is 10.1. The molecule has 0 saturated heterocycles. The number of nitrogens with one attached hydrogen (secondary N) is 1. The standard InChI is InChI=1S/C17H27NO2S/c1-5-12(2)8-13(3)18-11-14-9-15-16(10-17(14)21-4)20-7-6-19-15/h9-10,12-13,18H,5-8,11H2,1-4H3. The smallest absolute Gasteiger partial charge is 0.162 e. The van der Waals surface area contributed by atoms with E-state index in [2.05, 4.69) is 44.5 Å². The SMILES string of the molecule is CCC(C)CC(C)NCc1cc2c(cc1SC)OCCO2. The van der Waals surface area contributed by atoms with Gasteiger partial charge in [-0.1, -0.05) is 20.3 Å². The van der Waals surface area contributed by atoms with Crippen LogP contribution in [0, 0.1) is 5.92 Å². The van der Waals surface area contributed by atoms with Gasteiger partial charge in [-0.3, -0.25) is 0 Å². The van der Waals surface area contributed by atoms with Gasteiger partial charge in [-0.05, 0) is 43.2 Å². The molecule has 1 aromatic carbocycles. The quantitative estimate of drug-likeness (QED) is 0.768. The van der Waals surface area contributed by atoms with E-state index in [-0.39, 0.29) is 0 Å². The first kappa shape index (κ1) is 16.5. The molecule has 0 aromatic heterocycles. The van der Waals surface area contributed by atoms with Crippen LogP contribution in [0.2, 0.25) is 0 Å². The number of thioether (sulfide) groups is 1. The van der Waals surface area contributed by atoms with Gasteiger partial charge in [-0.15, -0.1) is 11.8 Å². The third-order valence-electron chi connectivity index (χ3n) is 4.04. The zero-order valence-corrected chi connectivity index (χ0v) is 14.4. The highest BCUT2D eigenvalue weighted by Gasteiger charge is 2.16. The van der Waals surface area contributed by atoms with Crippen molar-refractivity contribution in [1.29, 1.82) is 0 Å². The number of ether oxygens (including phenoxy) is 2. The van der Waals surface area contributed by atoms with Gasteiger partial charge in [-0.25, -0.2) is 0 Å². The van der Waals surface area contributed by atoms with Crippen molar-refractivity contribution in [1.82, 2.24) is 5.32 Å². The number of fused-ring (bicyclic) bond motifs is 1. The van der Waals surface area contributed by atoms with Crippen molar-refractivity contribution in [3.05, 3.63) is 17.7 Å². The maximum absolute atomic E-state index is 5.69. The van der Waals surface area contributed by atoms with Crippen LogP contribution in [-0.4, -0.2) is 25.5 Å². The molecule has 0 saturated carbocycles. The van der Waals surface area contributed by atoms with Crippen LogP contribution in [0.25, 0.3) is 0 Å². The molecule has 0 aliphatic carbocycles. The molecule has 118 valence electrons. The van der Waals surface area contributed by atoms with Crippen LogP contribution in [0.4, 0.5) is 0 Å². The topological polar surface area (TPSA) is 30.5 Å². The van der Waals surface area contributed by atoms with E-state index in [0.717, 1.165) is 24.0 Å². The maximum atomic E-state index is 5.69. The van der Waals surface area contributed by atoms with Gasteiger partial charge in [0.15, 0.2) is 11.5 Å². The van der Waals surface area contributed by atoms with Crippen molar-refractivity contribution in [3.63, 3.8) is 0 Å². The lowest BCUT2D eigenvalue weighted by Gasteiger charge is -2.22. The fourth-order valence-corrected chi connectivity index (χ4v) is 3.20. The second-order valence-corrected chi connectivity index (χ2v) is 6.69. The number of hydrogen-bond acceptors (Lipinski definition) is 4. The van der Waals surface area contributed by atoms with Crippen LogP contribution >= 0.6 is 11.8 Å². The lowest BCUT2D eigenvalue weighted by molar-refractivity contribution is 0.171. The Hall–Kier alpha value is -0.870. The second-order valence-electron chi connectivity index (χ2n) is 5.84. The average Bonchev–Trinajstić information content (AvgIpc) is 2.51. The zero-order valence-electron chi connectivity index (χ0n) is 13.6. The molecule has 1 aliphatic rings. The van der Waals surface area contributed by atoms with E-state index in [1.807, 2.05) is 0 Å². The molecule has 21 heavy (non-hydrogen) atoms. The zero-order chi connectivity index (χ0) is 15.2. The maximum Gasteiger partial charge on any atom is 0.162 e. The van der Waals surface area contributed by atoms with Crippen LogP contribution in [0.1, 0.15) is 39.2 Å². The van der Waals surface area contributed by atoms with Crippen molar-refractivity contribution in [2.24, 2.45) is 5.92 Å². The summed E-state index contributed by atoms with van der Waals surface area (Å²) in [6, 6.07) is 4.77. The molecule has 1 heterocycles. The van der Waals surface area contributed by atoms with Crippen LogP contribution in [-0.2, 0) is 6.54 Å². The normalized spacial score (nSPS) is 16.6. The summed E-state index contributed by atoms with van der Waals surface area (Å²) in [5.74, 6) is 2.53. The van der Waals surface area contributed by atoms with Crippen molar-refractivity contribution < 1.29 is 9.47 Å². The van der Waals surface area contributed by atoms with Gasteiger partial charge < -0.3 is 14.8 Å². The minimum absolute atomic E-state index is 0.530. The summed E-state index contributed by atoms with van der Waals surface area (Å²) in [6.45, 7) is 9.00. The average molecular weight is 309 g/mol. The molecule has 2 rings (SSSR count). The monoisotopic (exact) mass is 309 g/mol. The van der Waals surface area contributed by atoms with E-state index in [1.54, 1.807) is 11.8 Å². The number of hydrogen-bond donors (Lipinski definition) is 1. The van der Waals surface area contributed by atoms with Gasteiger partial charge in [0.05, 0.1) is 0 Å². The largest absolute Gasteiger partial charge is 0.486 e. The Morgan fingerprint density at radius 2 is 1.86 bits per heavy atom. The molecular formula is C17H27NO2S. The lowest BCUT2D eigenvalue weighted by Crippen LogP contribution is -2.27. The first-order valence-electron chi connectivity index (χ1n) is 7.84. The highest BCUT2D eigenvalue weighted by atomic mass is 32.2. The summed E-state index contributed by atoms with van der Waals surface area (Å²) in [6.07, 6.45) is 4.57. The second kappa shape index (κ2) is 7.95. The Labute approximate surface area is 132 Å². The Balaban J connectivity index is 2.01. The minimum Gasteiger partial charge on any atom is -0.486 e. The van der Waals surface area contributed by atoms with E-state index in [0.29, 0.717) is 19.3 Å². The predicted octanol–water partition coefficient (Wildman–Crippen LogP) is 4.09. The third kappa shape index (κ3) is 4.55. The molecule has 0 fully saturated rings. The van der Waals surface area contributed by atoms with Crippen molar-refractivity contribution in [2.45, 2.75) is 51.1 Å². The van der Waals surface area contributed by atoms with Gasteiger partial charge in [0.1, 0.15) is 13.2 Å². The van der Waals surface area contributed by atoms with Gasteiger partial charge in [-0.2, -0.15) is 0 Å². The molecule has 0 radical (unpaired) electrons. The first-order valence-corrected chi connectivity index (χ1v) is 9.06. The Kier molecular flexibility index (Phi) is 6.24. The van der Waals surface area contributed by atoms with E-state index >= 15 is 0 Å². The summed E-state index contributed by atoms with van der Waals surface area (Å²) in [5, 5.41) is 3.64. The van der Waals surface area contributed by atoms with Crippen LogP contribution in [0.15, 0.2) is 17.0 Å². The highest BCUT2D eigenvalue weighted by Crippen LogP contribution is 2.36. The molecule has 4 heteroatoms. The molecule has 1 N–H and O–H groups in total. The summed E-state index contributed by atoms with van der Waals surface area (Å²) in [4.78, 5) is 1.27. The predicted molar refractivity (Wildman–Crippen MR) is 89.6 cm³/mol.